The summed E-state index contributed by atoms with van der Waals surface area (Å²) in [4.78, 5) is 0. The van der Waals surface area contributed by atoms with Gasteiger partial charge in [-0.15, -0.1) is 0 Å². The summed E-state index contributed by atoms with van der Waals surface area (Å²) in [6.45, 7) is 4.51. The molecule has 3 nitrogen and oxygen atoms in total. The summed E-state index contributed by atoms with van der Waals surface area (Å²) < 4.78 is 1.79. The zero-order chi connectivity index (χ0) is 14.9. The van der Waals surface area contributed by atoms with Crippen LogP contribution in [0.15, 0.2) is 18.2 Å². The molecule has 1 aromatic heterocycles. The second kappa shape index (κ2) is 6.35. The van der Waals surface area contributed by atoms with Gasteiger partial charge in [-0.3, -0.25) is 4.68 Å². The molecule has 2 aromatic rings. The van der Waals surface area contributed by atoms with E-state index in [4.69, 9.17) is 34.8 Å². The van der Waals surface area contributed by atoms with E-state index < -0.39 is 6.10 Å². The maximum absolute atomic E-state index is 10.4. The van der Waals surface area contributed by atoms with Crippen molar-refractivity contribution in [2.45, 2.75) is 32.9 Å². The number of benzene rings is 1. The minimum Gasteiger partial charge on any atom is -0.388 e. The van der Waals surface area contributed by atoms with Crippen LogP contribution in [0.5, 0.6) is 0 Å². The largest absolute Gasteiger partial charge is 0.388 e. The van der Waals surface area contributed by atoms with Crippen LogP contribution in [0.4, 0.5) is 0 Å². The van der Waals surface area contributed by atoms with Crippen LogP contribution in [0.2, 0.25) is 15.1 Å². The third-order valence-corrected chi connectivity index (χ3v) is 4.51. The van der Waals surface area contributed by atoms with Crippen molar-refractivity contribution in [3.8, 4) is 0 Å². The van der Waals surface area contributed by atoms with Crippen molar-refractivity contribution in [1.29, 1.82) is 0 Å². The average Bonchev–Trinajstić information content (AvgIpc) is 2.69. The summed E-state index contributed by atoms with van der Waals surface area (Å²) in [5.74, 6) is 0. The Bertz CT molecular complexity index is 625. The highest BCUT2D eigenvalue weighted by Gasteiger charge is 2.20. The Morgan fingerprint density at radius 1 is 1.25 bits per heavy atom. The highest BCUT2D eigenvalue weighted by molar-refractivity contribution is 6.42. The van der Waals surface area contributed by atoms with Gasteiger partial charge in [-0.2, -0.15) is 5.10 Å². The molecule has 6 heteroatoms. The van der Waals surface area contributed by atoms with Crippen LogP contribution in [0.3, 0.4) is 0 Å². The van der Waals surface area contributed by atoms with Gasteiger partial charge >= 0.3 is 0 Å². The average molecular weight is 334 g/mol. The molecule has 1 aromatic carbocycles. The minimum atomic E-state index is -0.778. The molecule has 1 atom stereocenters. The van der Waals surface area contributed by atoms with Crippen molar-refractivity contribution in [3.05, 3.63) is 50.2 Å². The van der Waals surface area contributed by atoms with E-state index in [1.165, 1.54) is 0 Å². The summed E-state index contributed by atoms with van der Waals surface area (Å²) in [5, 5.41) is 16.1. The van der Waals surface area contributed by atoms with Crippen molar-refractivity contribution < 1.29 is 5.11 Å². The molecular weight excluding hydrogens is 319 g/mol. The molecule has 1 heterocycles. The zero-order valence-electron chi connectivity index (χ0n) is 11.2. The molecule has 2 rings (SSSR count). The number of aliphatic hydroxyl groups is 1. The smallest absolute Gasteiger partial charge is 0.0860 e. The quantitative estimate of drug-likeness (QED) is 0.897. The first kappa shape index (κ1) is 15.6. The number of aliphatic hydroxyl groups excluding tert-OH is 1. The Hall–Kier alpha value is -0.740. The maximum atomic E-state index is 10.4. The summed E-state index contributed by atoms with van der Waals surface area (Å²) in [6.07, 6.45) is -0.437. The van der Waals surface area contributed by atoms with E-state index in [-0.39, 0.29) is 0 Å². The van der Waals surface area contributed by atoms with E-state index in [1.807, 2.05) is 13.8 Å². The molecular formula is C14H15Cl3N2O. The summed E-state index contributed by atoms with van der Waals surface area (Å²) in [6, 6.07) is 5.20. The van der Waals surface area contributed by atoms with Crippen LogP contribution in [0, 0.1) is 6.92 Å². The molecule has 0 spiro atoms. The predicted molar refractivity (Wildman–Crippen MR) is 82.8 cm³/mol. The third kappa shape index (κ3) is 2.96. The van der Waals surface area contributed by atoms with Crippen LogP contribution in [-0.4, -0.2) is 14.9 Å². The molecule has 20 heavy (non-hydrogen) atoms. The number of aromatic nitrogens is 2. The normalized spacial score (nSPS) is 12.7. The van der Waals surface area contributed by atoms with Gasteiger partial charge in [-0.25, -0.2) is 0 Å². The number of hydrogen-bond donors (Lipinski definition) is 1. The van der Waals surface area contributed by atoms with Crippen LogP contribution in [0.25, 0.3) is 0 Å². The second-order valence-corrected chi connectivity index (χ2v) is 5.69. The fourth-order valence-corrected chi connectivity index (χ4v) is 2.78. The van der Waals surface area contributed by atoms with Crippen molar-refractivity contribution in [3.63, 3.8) is 0 Å². The van der Waals surface area contributed by atoms with Gasteiger partial charge in [0.15, 0.2) is 0 Å². The molecule has 1 unspecified atom stereocenters. The first-order valence-corrected chi connectivity index (χ1v) is 7.42. The standard InChI is InChI=1S/C14H15Cl3N2O/c1-3-19-11(13(16)8(2)18-19)7-12(20)9-5-4-6-10(15)14(9)17/h4-6,12,20H,3,7H2,1-2H3. The van der Waals surface area contributed by atoms with E-state index in [2.05, 4.69) is 5.10 Å². The number of halogens is 3. The summed E-state index contributed by atoms with van der Waals surface area (Å²) >= 11 is 18.3. The van der Waals surface area contributed by atoms with E-state index >= 15 is 0 Å². The fourth-order valence-electron chi connectivity index (χ4n) is 2.13. The number of rotatable bonds is 4. The first-order chi connectivity index (χ1) is 9.45. The van der Waals surface area contributed by atoms with Gasteiger partial charge in [-0.1, -0.05) is 46.9 Å². The Kier molecular flexibility index (Phi) is 4.97. The van der Waals surface area contributed by atoms with Gasteiger partial charge in [0.05, 0.1) is 32.6 Å². The summed E-state index contributed by atoms with van der Waals surface area (Å²) in [5.41, 5.74) is 2.15. The Balaban J connectivity index is 2.32. The highest BCUT2D eigenvalue weighted by atomic mass is 35.5. The van der Waals surface area contributed by atoms with Crippen molar-refractivity contribution >= 4 is 34.8 Å². The number of hydrogen-bond acceptors (Lipinski definition) is 2. The van der Waals surface area contributed by atoms with E-state index in [0.29, 0.717) is 33.6 Å². The van der Waals surface area contributed by atoms with Crippen LogP contribution < -0.4 is 0 Å². The highest BCUT2D eigenvalue weighted by Crippen LogP contribution is 2.33. The van der Waals surface area contributed by atoms with Crippen LogP contribution >= 0.6 is 34.8 Å². The lowest BCUT2D eigenvalue weighted by atomic mass is 10.0. The van der Waals surface area contributed by atoms with Crippen molar-refractivity contribution in [2.24, 2.45) is 0 Å². The molecule has 0 bridgehead atoms. The lowest BCUT2D eigenvalue weighted by Crippen LogP contribution is -2.09. The molecule has 0 aliphatic rings. The van der Waals surface area contributed by atoms with Gasteiger partial charge in [0.25, 0.3) is 0 Å². The molecule has 0 aliphatic heterocycles. The number of aryl methyl sites for hydroxylation is 2. The molecule has 0 aliphatic carbocycles. The molecule has 0 saturated heterocycles. The SMILES string of the molecule is CCn1nc(C)c(Cl)c1CC(O)c1cccc(Cl)c1Cl. The molecule has 108 valence electrons. The van der Waals surface area contributed by atoms with Gasteiger partial charge in [0.2, 0.25) is 0 Å². The lowest BCUT2D eigenvalue weighted by Gasteiger charge is -2.14. The van der Waals surface area contributed by atoms with Crippen LogP contribution in [0.1, 0.15) is 30.0 Å². The fraction of sp³-hybridized carbons (Fsp3) is 0.357. The molecule has 0 saturated carbocycles. The monoisotopic (exact) mass is 332 g/mol. The predicted octanol–water partition coefficient (Wildman–Crippen LogP) is 4.45. The minimum absolute atomic E-state index is 0.341. The van der Waals surface area contributed by atoms with Crippen molar-refractivity contribution in [2.75, 3.05) is 0 Å². The molecule has 0 radical (unpaired) electrons. The first-order valence-electron chi connectivity index (χ1n) is 6.29. The molecule has 1 N–H and O–H groups in total. The van der Waals surface area contributed by atoms with Crippen molar-refractivity contribution in [1.82, 2.24) is 9.78 Å². The Morgan fingerprint density at radius 2 is 1.95 bits per heavy atom. The van der Waals surface area contributed by atoms with Gasteiger partial charge < -0.3 is 5.11 Å². The van der Waals surface area contributed by atoms with E-state index in [1.54, 1.807) is 22.9 Å². The maximum Gasteiger partial charge on any atom is 0.0860 e. The number of nitrogens with zero attached hydrogens (tertiary/aromatic N) is 2. The van der Waals surface area contributed by atoms with Crippen LogP contribution in [-0.2, 0) is 13.0 Å². The topological polar surface area (TPSA) is 38.0 Å². The van der Waals surface area contributed by atoms with E-state index in [9.17, 15) is 5.11 Å². The molecule has 0 fully saturated rings. The lowest BCUT2D eigenvalue weighted by molar-refractivity contribution is 0.175. The van der Waals surface area contributed by atoms with E-state index in [0.717, 1.165) is 11.4 Å². The van der Waals surface area contributed by atoms with Gasteiger partial charge in [-0.05, 0) is 19.9 Å². The Labute approximate surface area is 133 Å². The third-order valence-electron chi connectivity index (χ3n) is 3.18. The second-order valence-electron chi connectivity index (χ2n) is 4.52. The Morgan fingerprint density at radius 3 is 2.60 bits per heavy atom. The zero-order valence-corrected chi connectivity index (χ0v) is 13.5. The van der Waals surface area contributed by atoms with Gasteiger partial charge in [0, 0.05) is 18.5 Å². The van der Waals surface area contributed by atoms with Gasteiger partial charge in [0.1, 0.15) is 0 Å². The molecule has 0 amide bonds. The summed E-state index contributed by atoms with van der Waals surface area (Å²) in [7, 11) is 0.